The van der Waals surface area contributed by atoms with E-state index in [-0.39, 0.29) is 35.1 Å². The van der Waals surface area contributed by atoms with Crippen LogP contribution in [0.25, 0.3) is 11.0 Å². The van der Waals surface area contributed by atoms with Crippen molar-refractivity contribution >= 4 is 70.9 Å². The number of piperazine rings is 2. The summed E-state index contributed by atoms with van der Waals surface area (Å²) in [6, 6.07) is 12.0. The number of benzene rings is 2. The topological polar surface area (TPSA) is 226 Å². The molecule has 0 bridgehead atoms. The molecule has 2 aliphatic rings. The van der Waals surface area contributed by atoms with E-state index in [1.807, 2.05) is 57.6 Å². The molecule has 0 aliphatic carbocycles. The Balaban J connectivity index is 0.000000248. The minimum atomic E-state index is -0.691. The van der Waals surface area contributed by atoms with Crippen LogP contribution in [0.4, 0.5) is 26.0 Å². The van der Waals surface area contributed by atoms with Gasteiger partial charge in [-0.2, -0.15) is 0 Å². The van der Waals surface area contributed by atoms with E-state index in [0.29, 0.717) is 66.1 Å². The highest BCUT2D eigenvalue weighted by Crippen LogP contribution is 2.27. The van der Waals surface area contributed by atoms with Crippen molar-refractivity contribution in [1.29, 1.82) is 0 Å². The Bertz CT molecular complexity index is 2440. The number of halogens is 2. The number of pyridine rings is 1. The fraction of sp³-hybridized carbons (Fsp3) is 0.408. The lowest BCUT2D eigenvalue weighted by Crippen LogP contribution is -2.48. The van der Waals surface area contributed by atoms with Crippen LogP contribution in [0.15, 0.2) is 77.8 Å². The van der Waals surface area contributed by atoms with E-state index in [9.17, 15) is 37.5 Å². The lowest BCUT2D eigenvalue weighted by molar-refractivity contribution is -0.126. The van der Waals surface area contributed by atoms with Crippen molar-refractivity contribution in [2.45, 2.75) is 45.7 Å². The molecular weight excluding hydrogens is 891 g/mol. The number of imidazole rings is 1. The molecule has 2 saturated heterocycles. The minimum absolute atomic E-state index is 0.0208. The second-order valence-corrected chi connectivity index (χ2v) is 16.5. The van der Waals surface area contributed by atoms with Crippen LogP contribution < -0.4 is 26.6 Å². The Labute approximate surface area is 402 Å². The van der Waals surface area contributed by atoms with Gasteiger partial charge in [0.2, 0.25) is 11.8 Å². The summed E-state index contributed by atoms with van der Waals surface area (Å²) in [7, 11) is 8.76. The van der Waals surface area contributed by atoms with Gasteiger partial charge in [0.15, 0.2) is 24.2 Å². The second kappa shape index (κ2) is 28.2. The van der Waals surface area contributed by atoms with Crippen LogP contribution in [0.5, 0.6) is 0 Å². The number of nitrogen functional groups attached to an aromatic ring is 1. The number of anilines is 3. The summed E-state index contributed by atoms with van der Waals surface area (Å²) < 4.78 is 29.9. The van der Waals surface area contributed by atoms with Gasteiger partial charge in [0.1, 0.15) is 35.4 Å². The highest BCUT2D eigenvalue weighted by atomic mass is 19.1. The first-order valence-corrected chi connectivity index (χ1v) is 22.4. The molecule has 2 amide bonds. The van der Waals surface area contributed by atoms with Crippen LogP contribution in [0.2, 0.25) is 0 Å². The maximum absolute atomic E-state index is 14.3. The molecule has 2 aromatic heterocycles. The molecule has 18 nitrogen and oxygen atoms in total. The van der Waals surface area contributed by atoms with Crippen molar-refractivity contribution in [3.8, 4) is 0 Å². The van der Waals surface area contributed by atoms with Crippen molar-refractivity contribution in [2.75, 3.05) is 103 Å². The van der Waals surface area contributed by atoms with E-state index < -0.39 is 11.6 Å². The normalized spacial score (nSPS) is 14.8. The van der Waals surface area contributed by atoms with E-state index in [4.69, 9.17) is 11.5 Å². The van der Waals surface area contributed by atoms with E-state index in [1.54, 1.807) is 41.2 Å². The number of aryl methyl sites for hydroxylation is 1. The molecule has 0 saturated carbocycles. The van der Waals surface area contributed by atoms with Crippen LogP contribution in [0.3, 0.4) is 0 Å². The molecule has 2 fully saturated rings. The van der Waals surface area contributed by atoms with E-state index in [0.717, 1.165) is 75.7 Å². The Kier molecular flexibility index (Phi) is 23.0. The van der Waals surface area contributed by atoms with Gasteiger partial charge in [-0.25, -0.2) is 18.7 Å². The first-order valence-electron chi connectivity index (χ1n) is 22.4. The number of hydrogen-bond donors (Lipinski definition) is 3. The lowest BCUT2D eigenvalue weighted by atomic mass is 10.1. The maximum Gasteiger partial charge on any atom is 0.246 e. The van der Waals surface area contributed by atoms with Crippen molar-refractivity contribution in [2.24, 2.45) is 10.7 Å². The SMILES string of the molecule is CN1CCN(c2cccc(C=O)c2C=O)CC1.CN=C(/C(F)=C\N)c1cc(F)c2nc(C)n(C(C)C)c2c1.CNC(=O)CCC(C=O)N(C)C.Nc1ccc(N2CCN(C(=O)/C=C/C=O)CC2)cn1. The molecular formula is C49H66F2N12O6. The number of likely N-dealkylation sites (N-methyl/N-ethyl adjacent to an activating group) is 2. The Morgan fingerprint density at radius 2 is 1.62 bits per heavy atom. The summed E-state index contributed by atoms with van der Waals surface area (Å²) in [5, 5.41) is 2.51. The van der Waals surface area contributed by atoms with Gasteiger partial charge < -0.3 is 45.7 Å². The maximum atomic E-state index is 14.3. The number of hydrogen-bond acceptors (Lipinski definition) is 15. The van der Waals surface area contributed by atoms with Gasteiger partial charge in [-0.15, -0.1) is 0 Å². The first-order chi connectivity index (χ1) is 33.0. The summed E-state index contributed by atoms with van der Waals surface area (Å²) in [6.07, 6.45) is 9.03. The van der Waals surface area contributed by atoms with E-state index >= 15 is 0 Å². The average Bonchev–Trinajstić information content (AvgIpc) is 3.70. The smallest absolute Gasteiger partial charge is 0.246 e. The van der Waals surface area contributed by atoms with Crippen LogP contribution in [-0.2, 0) is 19.2 Å². The number of aliphatic imine (C=N–C) groups is 1. The zero-order valence-electron chi connectivity index (χ0n) is 40.8. The van der Waals surface area contributed by atoms with Crippen LogP contribution >= 0.6 is 0 Å². The Morgan fingerprint density at radius 3 is 2.14 bits per heavy atom. The minimum Gasteiger partial charge on any atom is -0.402 e. The highest BCUT2D eigenvalue weighted by Gasteiger charge is 2.22. The molecule has 69 heavy (non-hydrogen) atoms. The quantitative estimate of drug-likeness (QED) is 0.0923. The Hall–Kier alpha value is -7.19. The molecule has 4 heterocycles. The van der Waals surface area contributed by atoms with Gasteiger partial charge in [0.25, 0.3) is 0 Å². The third kappa shape index (κ3) is 16.2. The number of nitrogens with two attached hydrogens (primary N) is 2. The van der Waals surface area contributed by atoms with Gasteiger partial charge in [-0.3, -0.25) is 33.9 Å². The van der Waals surface area contributed by atoms with Crippen LogP contribution in [-0.4, -0.2) is 166 Å². The number of rotatable bonds is 14. The predicted octanol–water partition coefficient (Wildman–Crippen LogP) is 4.03. The molecule has 1 unspecified atom stereocenters. The third-order valence-electron chi connectivity index (χ3n) is 11.3. The number of aldehydes is 4. The van der Waals surface area contributed by atoms with Crippen molar-refractivity contribution < 1.29 is 37.5 Å². The molecule has 0 radical (unpaired) electrons. The third-order valence-corrected chi connectivity index (χ3v) is 11.3. The fourth-order valence-electron chi connectivity index (χ4n) is 7.48. The number of aromatic nitrogens is 3. The summed E-state index contributed by atoms with van der Waals surface area (Å²) >= 11 is 0. The number of amides is 2. The molecule has 2 aromatic carbocycles. The number of fused-ring (bicyclic) bond motifs is 1. The molecule has 2 aliphatic heterocycles. The lowest BCUT2D eigenvalue weighted by Gasteiger charge is -2.35. The summed E-state index contributed by atoms with van der Waals surface area (Å²) in [6.45, 7) is 12.2. The van der Waals surface area contributed by atoms with E-state index in [1.165, 1.54) is 25.3 Å². The average molecular weight is 957 g/mol. The number of carbonyl (C=O) groups excluding carboxylic acids is 6. The van der Waals surface area contributed by atoms with Gasteiger partial charge in [0.05, 0.1) is 23.4 Å². The van der Waals surface area contributed by atoms with E-state index in [2.05, 4.69) is 42.0 Å². The summed E-state index contributed by atoms with van der Waals surface area (Å²) in [5.74, 6) is -0.136. The molecule has 4 aromatic rings. The van der Waals surface area contributed by atoms with Gasteiger partial charge in [-0.05, 0) is 84.7 Å². The first kappa shape index (κ1) is 56.1. The largest absolute Gasteiger partial charge is 0.402 e. The second-order valence-electron chi connectivity index (χ2n) is 16.5. The number of nitrogens with one attached hydrogen (secondary N) is 1. The number of nitrogens with zero attached hydrogens (tertiary/aromatic N) is 9. The standard InChI is InChI=1S/C15H18F2N4.C13H16N4O2.C13H16N2O2.C8H16N2O2/c1-8(2)21-9(3)20-15-11(16)5-10(6-13(15)21)14(19-4)12(17)7-18;14-12-4-3-11(10-15-12)16-5-7-17(8-6-16)13(19)2-1-9-18;1-14-5-7-15(8-6-14)13-4-2-3-11(9-16)12(13)10-17;1-9-8(12)5-4-7(6-11)10(2)3/h5-8H,18H2,1-4H3;1-4,9-10H,5-8H2,(H2,14,15);2-4,9-10H,5-8H2,1H3;6-7H,4-5H2,1-3H3,(H,9,12)/b12-7+,19-14?;2-1+;;. The summed E-state index contributed by atoms with van der Waals surface area (Å²) in [4.78, 5) is 87.4. The zero-order valence-corrected chi connectivity index (χ0v) is 40.8. The Morgan fingerprint density at radius 1 is 0.957 bits per heavy atom. The molecule has 5 N–H and O–H groups in total. The predicted molar refractivity (Wildman–Crippen MR) is 267 cm³/mol. The zero-order chi connectivity index (χ0) is 51.2. The van der Waals surface area contributed by atoms with Crippen LogP contribution in [0.1, 0.15) is 64.8 Å². The molecule has 20 heteroatoms. The molecule has 0 spiro atoms. The molecule has 372 valence electrons. The van der Waals surface area contributed by atoms with Gasteiger partial charge in [-0.1, -0.05) is 12.1 Å². The fourth-order valence-corrected chi connectivity index (χ4v) is 7.48. The number of carbonyl (C=O) groups is 6. The van der Waals surface area contributed by atoms with Gasteiger partial charge in [0, 0.05) is 114 Å². The highest BCUT2D eigenvalue weighted by molar-refractivity contribution is 6.12. The number of allylic oxidation sites excluding steroid dienone is 2. The molecule has 6 rings (SSSR count). The van der Waals surface area contributed by atoms with Crippen molar-refractivity contribution in [3.63, 3.8) is 0 Å². The van der Waals surface area contributed by atoms with Crippen LogP contribution in [0, 0.1) is 12.7 Å². The summed E-state index contributed by atoms with van der Waals surface area (Å²) in [5.41, 5.74) is 14.8. The van der Waals surface area contributed by atoms with Gasteiger partial charge >= 0.3 is 0 Å². The van der Waals surface area contributed by atoms with Crippen molar-refractivity contribution in [1.82, 2.24) is 34.6 Å². The molecule has 1 atom stereocenters. The van der Waals surface area contributed by atoms with Crippen molar-refractivity contribution in [3.05, 3.63) is 101 Å². The monoisotopic (exact) mass is 957 g/mol.